The molecule has 0 radical (unpaired) electrons. The van der Waals surface area contributed by atoms with Gasteiger partial charge in [-0.2, -0.15) is 0 Å². The number of carbonyl (C=O) groups excluding carboxylic acids is 1. The van der Waals surface area contributed by atoms with Crippen LogP contribution < -0.4 is 4.90 Å². The molecule has 3 rings (SSSR count). The van der Waals surface area contributed by atoms with E-state index in [1.165, 1.54) is 11.1 Å². The van der Waals surface area contributed by atoms with Crippen molar-refractivity contribution in [3.8, 4) is 0 Å². The maximum absolute atomic E-state index is 12.2. The molecular formula is C23H29IN2O. The molecule has 0 atom stereocenters. The van der Waals surface area contributed by atoms with E-state index >= 15 is 0 Å². The molecule has 1 aliphatic rings. The standard InChI is InChI=1S/C21H23IN2O.C2H6/c1-17(25)24(21-10-6-5-9-20(21)22)16-19-11-13-23(14-12-19)15-18-7-3-2-4-8-18;1-2/h2-11H,12-16H2,1H3;1-2H3. The summed E-state index contributed by atoms with van der Waals surface area (Å²) in [7, 11) is 0. The molecule has 0 saturated carbocycles. The van der Waals surface area contributed by atoms with Gasteiger partial charge in [-0.05, 0) is 46.7 Å². The lowest BCUT2D eigenvalue weighted by molar-refractivity contribution is -0.116. The summed E-state index contributed by atoms with van der Waals surface area (Å²) in [6.07, 6.45) is 3.30. The van der Waals surface area contributed by atoms with Crippen LogP contribution in [0.2, 0.25) is 0 Å². The van der Waals surface area contributed by atoms with Crippen LogP contribution in [0.3, 0.4) is 0 Å². The molecule has 2 aromatic carbocycles. The van der Waals surface area contributed by atoms with Crippen LogP contribution in [0.25, 0.3) is 0 Å². The lowest BCUT2D eigenvalue weighted by Crippen LogP contribution is -2.35. The van der Waals surface area contributed by atoms with Gasteiger partial charge < -0.3 is 4.90 Å². The predicted octanol–water partition coefficient (Wildman–Crippen LogP) is 5.50. The molecule has 0 spiro atoms. The van der Waals surface area contributed by atoms with E-state index in [0.717, 1.165) is 35.3 Å². The highest BCUT2D eigenvalue weighted by molar-refractivity contribution is 14.1. The number of nitrogens with zero attached hydrogens (tertiary/aromatic N) is 2. The first-order valence-electron chi connectivity index (χ1n) is 9.60. The fourth-order valence-corrected chi connectivity index (χ4v) is 3.80. The van der Waals surface area contributed by atoms with Crippen molar-refractivity contribution in [2.75, 3.05) is 24.5 Å². The topological polar surface area (TPSA) is 23.6 Å². The Kier molecular flexibility index (Phi) is 9.01. The van der Waals surface area contributed by atoms with E-state index in [2.05, 4.69) is 63.9 Å². The van der Waals surface area contributed by atoms with Gasteiger partial charge in [-0.1, -0.05) is 68.0 Å². The van der Waals surface area contributed by atoms with Gasteiger partial charge in [-0.15, -0.1) is 0 Å². The fraction of sp³-hybridized carbons (Fsp3) is 0.348. The molecule has 1 heterocycles. The van der Waals surface area contributed by atoms with Crippen molar-refractivity contribution in [2.45, 2.75) is 33.7 Å². The highest BCUT2D eigenvalue weighted by Crippen LogP contribution is 2.24. The molecule has 1 amide bonds. The van der Waals surface area contributed by atoms with Gasteiger partial charge in [0, 0.05) is 36.7 Å². The highest BCUT2D eigenvalue weighted by atomic mass is 127. The van der Waals surface area contributed by atoms with Crippen LogP contribution in [0, 0.1) is 3.57 Å². The van der Waals surface area contributed by atoms with Crippen LogP contribution in [-0.2, 0) is 11.3 Å². The summed E-state index contributed by atoms with van der Waals surface area (Å²) in [5.41, 5.74) is 3.70. The third kappa shape index (κ3) is 6.47. The number of amides is 1. The third-order valence-corrected chi connectivity index (χ3v) is 5.43. The Morgan fingerprint density at radius 1 is 1.07 bits per heavy atom. The number of anilines is 1. The van der Waals surface area contributed by atoms with Crippen LogP contribution in [0.4, 0.5) is 5.69 Å². The van der Waals surface area contributed by atoms with Crippen molar-refractivity contribution < 1.29 is 4.79 Å². The Balaban J connectivity index is 0.00000126. The minimum atomic E-state index is 0.0942. The van der Waals surface area contributed by atoms with Gasteiger partial charge in [0.05, 0.1) is 5.69 Å². The summed E-state index contributed by atoms with van der Waals surface area (Å²) in [5, 5.41) is 0. The molecule has 2 aromatic rings. The van der Waals surface area contributed by atoms with E-state index in [0.29, 0.717) is 6.54 Å². The van der Waals surface area contributed by atoms with Crippen molar-refractivity contribution >= 4 is 34.2 Å². The van der Waals surface area contributed by atoms with Crippen LogP contribution in [0.15, 0.2) is 66.2 Å². The third-order valence-electron chi connectivity index (χ3n) is 4.52. The maximum Gasteiger partial charge on any atom is 0.224 e. The second kappa shape index (κ2) is 11.2. The fourth-order valence-electron chi connectivity index (χ4n) is 3.12. The average molecular weight is 476 g/mol. The summed E-state index contributed by atoms with van der Waals surface area (Å²) in [6, 6.07) is 18.6. The summed E-state index contributed by atoms with van der Waals surface area (Å²) in [6.45, 7) is 9.31. The first kappa shape index (κ1) is 21.6. The molecule has 0 aliphatic carbocycles. The molecule has 0 bridgehead atoms. The molecule has 144 valence electrons. The number of halogens is 1. The van der Waals surface area contributed by atoms with Crippen molar-refractivity contribution in [1.82, 2.24) is 4.90 Å². The molecule has 27 heavy (non-hydrogen) atoms. The number of hydrogen-bond donors (Lipinski definition) is 0. The summed E-state index contributed by atoms with van der Waals surface area (Å²) >= 11 is 2.30. The van der Waals surface area contributed by atoms with Gasteiger partial charge in [-0.3, -0.25) is 9.69 Å². The van der Waals surface area contributed by atoms with E-state index in [9.17, 15) is 4.79 Å². The van der Waals surface area contributed by atoms with Gasteiger partial charge >= 0.3 is 0 Å². The number of para-hydroxylation sites is 1. The highest BCUT2D eigenvalue weighted by Gasteiger charge is 2.18. The van der Waals surface area contributed by atoms with E-state index in [-0.39, 0.29) is 5.91 Å². The second-order valence-electron chi connectivity index (χ2n) is 6.39. The van der Waals surface area contributed by atoms with Crippen LogP contribution >= 0.6 is 22.6 Å². The van der Waals surface area contributed by atoms with Crippen molar-refractivity contribution in [3.05, 3.63) is 75.4 Å². The Bertz CT molecular complexity index is 758. The lowest BCUT2D eigenvalue weighted by Gasteiger charge is -2.29. The minimum absolute atomic E-state index is 0.0942. The number of rotatable bonds is 5. The first-order valence-corrected chi connectivity index (χ1v) is 10.7. The first-order chi connectivity index (χ1) is 13.1. The normalized spacial score (nSPS) is 14.0. The van der Waals surface area contributed by atoms with E-state index < -0.39 is 0 Å². The van der Waals surface area contributed by atoms with Gasteiger partial charge in [0.25, 0.3) is 0 Å². The zero-order valence-electron chi connectivity index (χ0n) is 16.5. The zero-order valence-corrected chi connectivity index (χ0v) is 18.6. The van der Waals surface area contributed by atoms with E-state index in [1.807, 2.05) is 43.0 Å². The molecule has 0 N–H and O–H groups in total. The smallest absolute Gasteiger partial charge is 0.224 e. The molecule has 1 aliphatic heterocycles. The molecule has 0 fully saturated rings. The molecule has 4 heteroatoms. The van der Waals surface area contributed by atoms with Crippen LogP contribution in [-0.4, -0.2) is 30.4 Å². The van der Waals surface area contributed by atoms with E-state index in [4.69, 9.17) is 0 Å². The maximum atomic E-state index is 12.2. The second-order valence-corrected chi connectivity index (χ2v) is 7.55. The van der Waals surface area contributed by atoms with Crippen molar-refractivity contribution in [1.29, 1.82) is 0 Å². The quantitative estimate of drug-likeness (QED) is 0.420. The van der Waals surface area contributed by atoms with Gasteiger partial charge in [0.2, 0.25) is 5.91 Å². The Morgan fingerprint density at radius 3 is 2.33 bits per heavy atom. The zero-order chi connectivity index (χ0) is 19.6. The summed E-state index contributed by atoms with van der Waals surface area (Å²) < 4.78 is 1.11. The Hall–Kier alpha value is -1.66. The molecule has 0 aromatic heterocycles. The summed E-state index contributed by atoms with van der Waals surface area (Å²) in [4.78, 5) is 16.5. The Morgan fingerprint density at radius 2 is 1.74 bits per heavy atom. The number of carbonyl (C=O) groups is 1. The molecule has 3 nitrogen and oxygen atoms in total. The SMILES string of the molecule is CC.CC(=O)N(CC1=CCN(Cc2ccccc2)CC1)c1ccccc1I. The van der Waals surface area contributed by atoms with Crippen molar-refractivity contribution in [2.24, 2.45) is 0 Å². The van der Waals surface area contributed by atoms with Gasteiger partial charge in [0.15, 0.2) is 0 Å². The largest absolute Gasteiger partial charge is 0.308 e. The minimum Gasteiger partial charge on any atom is -0.308 e. The molecule has 0 unspecified atom stereocenters. The molecule has 0 saturated heterocycles. The predicted molar refractivity (Wildman–Crippen MR) is 123 cm³/mol. The van der Waals surface area contributed by atoms with Crippen LogP contribution in [0.1, 0.15) is 32.8 Å². The molecular weight excluding hydrogens is 447 g/mol. The van der Waals surface area contributed by atoms with Crippen molar-refractivity contribution in [3.63, 3.8) is 0 Å². The van der Waals surface area contributed by atoms with E-state index in [1.54, 1.807) is 6.92 Å². The number of benzene rings is 2. The van der Waals surface area contributed by atoms with Gasteiger partial charge in [0.1, 0.15) is 0 Å². The summed E-state index contributed by atoms with van der Waals surface area (Å²) in [5.74, 6) is 0.0942. The lowest BCUT2D eigenvalue weighted by atomic mass is 10.1. The van der Waals surface area contributed by atoms with Crippen LogP contribution in [0.5, 0.6) is 0 Å². The number of hydrogen-bond acceptors (Lipinski definition) is 2. The Labute approximate surface area is 177 Å². The van der Waals surface area contributed by atoms with Gasteiger partial charge in [-0.25, -0.2) is 0 Å². The average Bonchev–Trinajstić information content (AvgIpc) is 2.70. The monoisotopic (exact) mass is 476 g/mol.